The van der Waals surface area contributed by atoms with Crippen LogP contribution < -0.4 is 9.62 Å². The van der Waals surface area contributed by atoms with Gasteiger partial charge >= 0.3 is 0 Å². The minimum absolute atomic E-state index is 0.0233. The molecule has 0 aromatic heterocycles. The Labute approximate surface area is 141 Å². The van der Waals surface area contributed by atoms with Gasteiger partial charge < -0.3 is 5.32 Å². The number of carbonyl (C=O) groups is 1. The molecule has 1 atom stereocenters. The maximum absolute atomic E-state index is 12.0. The molecular weight excluding hydrogens is 347 g/mol. The fraction of sp³-hybridized carbons (Fsp3) is 0.500. The van der Waals surface area contributed by atoms with Crippen LogP contribution in [0.3, 0.4) is 0 Å². The van der Waals surface area contributed by atoms with Crippen molar-refractivity contribution in [2.45, 2.75) is 32.7 Å². The Hall–Kier alpha value is -0.980. The summed E-state index contributed by atoms with van der Waals surface area (Å²) in [5.41, 5.74) is 0.199. The number of anilines is 1. The first kappa shape index (κ1) is 19.1. The van der Waals surface area contributed by atoms with Crippen molar-refractivity contribution in [3.8, 4) is 0 Å². The van der Waals surface area contributed by atoms with Crippen molar-refractivity contribution in [1.29, 1.82) is 0 Å². The molecule has 0 saturated heterocycles. The normalized spacial score (nSPS) is 12.8. The first-order chi connectivity index (χ1) is 10.2. The van der Waals surface area contributed by atoms with Gasteiger partial charge in [0.2, 0.25) is 15.9 Å². The number of nitrogens with one attached hydrogen (secondary N) is 1. The molecule has 0 bridgehead atoms. The van der Waals surface area contributed by atoms with Crippen molar-refractivity contribution < 1.29 is 13.2 Å². The molecule has 1 amide bonds. The van der Waals surface area contributed by atoms with Crippen LogP contribution in [-0.4, -0.2) is 33.2 Å². The second-order valence-electron chi connectivity index (χ2n) is 5.03. The molecule has 0 heterocycles. The van der Waals surface area contributed by atoms with E-state index in [0.29, 0.717) is 0 Å². The molecular formula is C14H20Cl2N2O3S. The molecule has 0 aliphatic carbocycles. The van der Waals surface area contributed by atoms with Gasteiger partial charge in [-0.25, -0.2) is 8.42 Å². The van der Waals surface area contributed by atoms with Crippen LogP contribution in [0.25, 0.3) is 0 Å². The molecule has 1 rings (SSSR count). The predicted molar refractivity (Wildman–Crippen MR) is 91.2 cm³/mol. The van der Waals surface area contributed by atoms with Crippen LogP contribution in [0.2, 0.25) is 10.0 Å². The highest BCUT2D eigenvalue weighted by Crippen LogP contribution is 2.34. The maximum atomic E-state index is 12.0. The standard InChI is InChI=1S/C14H20Cl2N2O3S/c1-4-10(2)17-13(19)8-9-18(22(3,20)21)14-11(15)6-5-7-12(14)16/h5-7,10H,4,8-9H2,1-3H3,(H,17,19). The van der Waals surface area contributed by atoms with Crippen molar-refractivity contribution >= 4 is 44.8 Å². The average molecular weight is 367 g/mol. The zero-order valence-corrected chi connectivity index (χ0v) is 15.1. The fourth-order valence-electron chi connectivity index (χ4n) is 1.82. The van der Waals surface area contributed by atoms with E-state index in [2.05, 4.69) is 5.32 Å². The number of rotatable bonds is 7. The number of hydrogen-bond donors (Lipinski definition) is 1. The third-order valence-electron chi connectivity index (χ3n) is 3.15. The highest BCUT2D eigenvalue weighted by molar-refractivity contribution is 7.92. The van der Waals surface area contributed by atoms with Gasteiger partial charge in [-0.2, -0.15) is 0 Å². The summed E-state index contributed by atoms with van der Waals surface area (Å²) < 4.78 is 25.1. The van der Waals surface area contributed by atoms with E-state index in [0.717, 1.165) is 17.0 Å². The first-order valence-electron chi connectivity index (χ1n) is 6.88. The third-order valence-corrected chi connectivity index (χ3v) is 4.92. The number of nitrogens with zero attached hydrogens (tertiary/aromatic N) is 1. The monoisotopic (exact) mass is 366 g/mol. The van der Waals surface area contributed by atoms with Crippen LogP contribution in [0, 0.1) is 0 Å². The predicted octanol–water partition coefficient (Wildman–Crippen LogP) is 3.06. The lowest BCUT2D eigenvalue weighted by atomic mass is 10.2. The van der Waals surface area contributed by atoms with Crippen molar-refractivity contribution in [1.82, 2.24) is 5.32 Å². The van der Waals surface area contributed by atoms with Crippen LogP contribution in [0.15, 0.2) is 18.2 Å². The van der Waals surface area contributed by atoms with Gasteiger partial charge in [-0.3, -0.25) is 9.10 Å². The topological polar surface area (TPSA) is 66.5 Å². The lowest BCUT2D eigenvalue weighted by Gasteiger charge is -2.24. The zero-order valence-electron chi connectivity index (χ0n) is 12.8. The summed E-state index contributed by atoms with van der Waals surface area (Å²) in [7, 11) is -3.61. The number of benzene rings is 1. The minimum atomic E-state index is -3.61. The van der Waals surface area contributed by atoms with Gasteiger partial charge in [0.1, 0.15) is 0 Å². The summed E-state index contributed by atoms with van der Waals surface area (Å²) in [5.74, 6) is -0.217. The molecule has 22 heavy (non-hydrogen) atoms. The molecule has 0 spiro atoms. The molecule has 1 N–H and O–H groups in total. The van der Waals surface area contributed by atoms with Crippen LogP contribution in [0.4, 0.5) is 5.69 Å². The molecule has 0 fully saturated rings. The molecule has 124 valence electrons. The number of amides is 1. The van der Waals surface area contributed by atoms with Gasteiger partial charge in [-0.15, -0.1) is 0 Å². The van der Waals surface area contributed by atoms with Crippen LogP contribution in [-0.2, 0) is 14.8 Å². The third kappa shape index (κ3) is 5.34. The van der Waals surface area contributed by atoms with Gasteiger partial charge in [0.25, 0.3) is 0 Å². The van der Waals surface area contributed by atoms with Gasteiger partial charge in [-0.1, -0.05) is 36.2 Å². The van der Waals surface area contributed by atoms with Crippen LogP contribution in [0.1, 0.15) is 26.7 Å². The number of sulfonamides is 1. The van der Waals surface area contributed by atoms with E-state index < -0.39 is 10.0 Å². The Kier molecular flexibility index (Phi) is 6.97. The molecule has 1 aromatic carbocycles. The van der Waals surface area contributed by atoms with E-state index in [9.17, 15) is 13.2 Å². The molecule has 0 aliphatic heterocycles. The molecule has 1 unspecified atom stereocenters. The quantitative estimate of drug-likeness (QED) is 0.806. The molecule has 0 saturated carbocycles. The van der Waals surface area contributed by atoms with Gasteiger partial charge in [0, 0.05) is 19.0 Å². The summed E-state index contributed by atoms with van der Waals surface area (Å²) in [4.78, 5) is 11.8. The van der Waals surface area contributed by atoms with E-state index in [1.165, 1.54) is 0 Å². The lowest BCUT2D eigenvalue weighted by molar-refractivity contribution is -0.121. The molecule has 8 heteroatoms. The van der Waals surface area contributed by atoms with Gasteiger partial charge in [-0.05, 0) is 25.5 Å². The molecule has 1 aromatic rings. The van der Waals surface area contributed by atoms with Crippen molar-refractivity contribution in [3.05, 3.63) is 28.2 Å². The van der Waals surface area contributed by atoms with Crippen molar-refractivity contribution in [2.75, 3.05) is 17.1 Å². The summed E-state index contributed by atoms with van der Waals surface area (Å²) >= 11 is 12.1. The number of halogens is 2. The number of carbonyl (C=O) groups excluding carboxylic acids is 1. The van der Waals surface area contributed by atoms with E-state index >= 15 is 0 Å². The van der Waals surface area contributed by atoms with E-state index in [1.807, 2.05) is 13.8 Å². The Morgan fingerprint density at radius 2 is 1.86 bits per heavy atom. The van der Waals surface area contributed by atoms with E-state index in [1.54, 1.807) is 18.2 Å². The smallest absolute Gasteiger partial charge is 0.232 e. The number of hydrogen-bond acceptors (Lipinski definition) is 3. The van der Waals surface area contributed by atoms with E-state index in [4.69, 9.17) is 23.2 Å². The Morgan fingerprint density at radius 3 is 2.32 bits per heavy atom. The highest BCUT2D eigenvalue weighted by Gasteiger charge is 2.23. The molecule has 0 aliphatic rings. The molecule has 5 nitrogen and oxygen atoms in total. The van der Waals surface area contributed by atoms with Crippen LogP contribution >= 0.6 is 23.2 Å². The fourth-order valence-corrected chi connectivity index (χ4v) is 3.48. The molecule has 0 radical (unpaired) electrons. The number of para-hydroxylation sites is 1. The average Bonchev–Trinajstić information content (AvgIpc) is 2.40. The van der Waals surface area contributed by atoms with Crippen molar-refractivity contribution in [2.24, 2.45) is 0 Å². The lowest BCUT2D eigenvalue weighted by Crippen LogP contribution is -2.37. The first-order valence-corrected chi connectivity index (χ1v) is 9.48. The Bertz CT molecular complexity index is 615. The van der Waals surface area contributed by atoms with Gasteiger partial charge in [0.05, 0.1) is 22.0 Å². The SMILES string of the molecule is CCC(C)NC(=O)CCN(c1c(Cl)cccc1Cl)S(C)(=O)=O. The second-order valence-corrected chi connectivity index (χ2v) is 7.75. The minimum Gasteiger partial charge on any atom is -0.354 e. The summed E-state index contributed by atoms with van der Waals surface area (Å²) in [6.07, 6.45) is 1.88. The largest absolute Gasteiger partial charge is 0.354 e. The Balaban J connectivity index is 2.95. The van der Waals surface area contributed by atoms with Crippen molar-refractivity contribution in [3.63, 3.8) is 0 Å². The van der Waals surface area contributed by atoms with Crippen LogP contribution in [0.5, 0.6) is 0 Å². The summed E-state index contributed by atoms with van der Waals surface area (Å²) in [6, 6.07) is 4.79. The summed E-state index contributed by atoms with van der Waals surface area (Å²) in [5, 5.41) is 3.24. The van der Waals surface area contributed by atoms with E-state index in [-0.39, 0.29) is 40.6 Å². The van der Waals surface area contributed by atoms with Gasteiger partial charge in [0.15, 0.2) is 0 Å². The maximum Gasteiger partial charge on any atom is 0.232 e. The second kappa shape index (κ2) is 8.04. The Morgan fingerprint density at radius 1 is 1.32 bits per heavy atom. The summed E-state index contributed by atoms with van der Waals surface area (Å²) in [6.45, 7) is 3.82. The highest BCUT2D eigenvalue weighted by atomic mass is 35.5. The zero-order chi connectivity index (χ0) is 16.9.